The summed E-state index contributed by atoms with van der Waals surface area (Å²) >= 11 is 7.19. The maximum absolute atomic E-state index is 14.6. The van der Waals surface area contributed by atoms with Crippen molar-refractivity contribution >= 4 is 51.3 Å². The molecule has 3 heterocycles. The van der Waals surface area contributed by atoms with Gasteiger partial charge in [-0.15, -0.1) is 11.3 Å². The van der Waals surface area contributed by atoms with Crippen LogP contribution >= 0.6 is 22.9 Å². The van der Waals surface area contributed by atoms with Gasteiger partial charge in [0.15, 0.2) is 11.5 Å². The van der Waals surface area contributed by atoms with Crippen molar-refractivity contribution in [3.63, 3.8) is 0 Å². The lowest BCUT2D eigenvalue weighted by molar-refractivity contribution is -0.117. The van der Waals surface area contributed by atoms with Gasteiger partial charge in [-0.2, -0.15) is 0 Å². The molecule has 1 amide bonds. The standard InChI is InChI=1S/C23H12ClF2NO4S/c24-12-3-6-16-11(8-12)9-17(31-16)21(28)19-20(18-2-1-7-32-18)27(23(30)22(19)29)15-10-13(25)4-5-14(15)26/h1-10,20,29H. The summed E-state index contributed by atoms with van der Waals surface area (Å²) in [5.74, 6) is -4.39. The van der Waals surface area contributed by atoms with Crippen LogP contribution in [0.25, 0.3) is 11.0 Å². The Bertz CT molecular complexity index is 1430. The number of benzene rings is 2. The van der Waals surface area contributed by atoms with Gasteiger partial charge < -0.3 is 9.52 Å². The fraction of sp³-hybridized carbons (Fsp3) is 0.0435. The fourth-order valence-corrected chi connectivity index (χ4v) is 4.74. The topological polar surface area (TPSA) is 70.8 Å². The van der Waals surface area contributed by atoms with Crippen molar-refractivity contribution in [3.8, 4) is 0 Å². The number of amides is 1. The van der Waals surface area contributed by atoms with E-state index in [0.717, 1.165) is 23.1 Å². The van der Waals surface area contributed by atoms with Crippen molar-refractivity contribution in [1.29, 1.82) is 0 Å². The number of fused-ring (bicyclic) bond motifs is 1. The van der Waals surface area contributed by atoms with Crippen LogP contribution in [0.5, 0.6) is 0 Å². The van der Waals surface area contributed by atoms with Crippen LogP contribution in [0.15, 0.2) is 75.7 Å². The van der Waals surface area contributed by atoms with Crippen LogP contribution in [-0.2, 0) is 4.79 Å². The van der Waals surface area contributed by atoms with Gasteiger partial charge in [-0.1, -0.05) is 17.7 Å². The van der Waals surface area contributed by atoms with E-state index in [2.05, 4.69) is 0 Å². The van der Waals surface area contributed by atoms with Crippen molar-refractivity contribution in [2.24, 2.45) is 0 Å². The molecule has 2 aromatic heterocycles. The van der Waals surface area contributed by atoms with Gasteiger partial charge in [0, 0.05) is 21.4 Å². The Morgan fingerprint density at radius 2 is 1.94 bits per heavy atom. The van der Waals surface area contributed by atoms with Gasteiger partial charge >= 0.3 is 0 Å². The van der Waals surface area contributed by atoms with E-state index in [1.54, 1.807) is 35.7 Å². The van der Waals surface area contributed by atoms with Crippen molar-refractivity contribution < 1.29 is 27.9 Å². The summed E-state index contributed by atoms with van der Waals surface area (Å²) in [6, 6.07) is 11.0. The molecule has 0 saturated heterocycles. The number of ketones is 1. The highest BCUT2D eigenvalue weighted by atomic mass is 35.5. The van der Waals surface area contributed by atoms with E-state index < -0.39 is 35.1 Å². The molecule has 5 rings (SSSR count). The number of nitrogens with zero attached hydrogens (tertiary/aromatic N) is 1. The molecule has 9 heteroatoms. The smallest absolute Gasteiger partial charge is 0.294 e. The van der Waals surface area contributed by atoms with Gasteiger partial charge in [0.25, 0.3) is 5.91 Å². The molecular weight excluding hydrogens is 460 g/mol. The van der Waals surface area contributed by atoms with E-state index in [4.69, 9.17) is 16.0 Å². The first-order chi connectivity index (χ1) is 15.3. The van der Waals surface area contributed by atoms with E-state index in [1.807, 2.05) is 0 Å². The number of Topliss-reactive ketones (excluding diaryl/α,β-unsaturated/α-hetero) is 1. The normalized spacial score (nSPS) is 16.4. The summed E-state index contributed by atoms with van der Waals surface area (Å²) in [6.45, 7) is 0. The van der Waals surface area contributed by atoms with Crippen LogP contribution in [0.2, 0.25) is 5.02 Å². The highest BCUT2D eigenvalue weighted by molar-refractivity contribution is 7.10. The Kier molecular flexibility index (Phi) is 4.83. The van der Waals surface area contributed by atoms with Gasteiger partial charge in [0.2, 0.25) is 5.78 Å². The lowest BCUT2D eigenvalue weighted by atomic mass is 10.00. The number of aliphatic hydroxyl groups excluding tert-OH is 1. The average Bonchev–Trinajstić information content (AvgIpc) is 3.48. The van der Waals surface area contributed by atoms with E-state index in [-0.39, 0.29) is 17.0 Å². The zero-order chi connectivity index (χ0) is 22.6. The van der Waals surface area contributed by atoms with Gasteiger partial charge in [0.1, 0.15) is 23.3 Å². The molecule has 0 radical (unpaired) electrons. The van der Waals surface area contributed by atoms with Crippen LogP contribution in [0, 0.1) is 11.6 Å². The van der Waals surface area contributed by atoms with Crippen molar-refractivity contribution in [2.75, 3.05) is 4.90 Å². The molecule has 1 atom stereocenters. The molecule has 0 fully saturated rings. The summed E-state index contributed by atoms with van der Waals surface area (Å²) in [4.78, 5) is 27.7. The molecule has 0 aliphatic carbocycles. The van der Waals surface area contributed by atoms with E-state index in [1.165, 1.54) is 17.4 Å². The second-order valence-electron chi connectivity index (χ2n) is 7.07. The minimum Gasteiger partial charge on any atom is -0.503 e. The third-order valence-electron chi connectivity index (χ3n) is 5.14. The second kappa shape index (κ2) is 7.58. The molecule has 5 nitrogen and oxygen atoms in total. The fourth-order valence-electron chi connectivity index (χ4n) is 3.73. The molecule has 0 saturated carbocycles. The highest BCUT2D eigenvalue weighted by Gasteiger charge is 2.46. The summed E-state index contributed by atoms with van der Waals surface area (Å²) in [6.07, 6.45) is 0. The predicted molar refractivity (Wildman–Crippen MR) is 116 cm³/mol. The number of hydrogen-bond donors (Lipinski definition) is 1. The molecule has 1 aliphatic rings. The van der Waals surface area contributed by atoms with Gasteiger partial charge in [0.05, 0.1) is 11.3 Å². The van der Waals surface area contributed by atoms with Crippen LogP contribution in [0.3, 0.4) is 0 Å². The number of rotatable bonds is 4. The molecular formula is C23H12ClF2NO4S. The van der Waals surface area contributed by atoms with Crippen LogP contribution in [0.4, 0.5) is 14.5 Å². The van der Waals surface area contributed by atoms with Gasteiger partial charge in [-0.25, -0.2) is 8.78 Å². The summed E-state index contributed by atoms with van der Waals surface area (Å²) in [5, 5.41) is 13.4. The van der Waals surface area contributed by atoms with Gasteiger partial charge in [-0.3, -0.25) is 14.5 Å². The third-order valence-corrected chi connectivity index (χ3v) is 6.30. The quantitative estimate of drug-likeness (QED) is 0.359. The predicted octanol–water partition coefficient (Wildman–Crippen LogP) is 6.21. The number of carbonyl (C=O) groups excluding carboxylic acids is 2. The second-order valence-corrected chi connectivity index (χ2v) is 8.49. The molecule has 0 spiro atoms. The van der Waals surface area contributed by atoms with Crippen LogP contribution < -0.4 is 4.90 Å². The number of carbonyl (C=O) groups is 2. The first-order valence-electron chi connectivity index (χ1n) is 9.34. The molecule has 1 N–H and O–H groups in total. The summed E-state index contributed by atoms with van der Waals surface area (Å²) in [5.41, 5.74) is -0.284. The number of halogens is 3. The molecule has 1 aliphatic heterocycles. The van der Waals surface area contributed by atoms with E-state index >= 15 is 0 Å². The molecule has 1 unspecified atom stereocenters. The Morgan fingerprint density at radius 3 is 2.69 bits per heavy atom. The van der Waals surface area contributed by atoms with E-state index in [0.29, 0.717) is 20.9 Å². The van der Waals surface area contributed by atoms with Gasteiger partial charge in [-0.05, 0) is 47.8 Å². The average molecular weight is 472 g/mol. The first-order valence-corrected chi connectivity index (χ1v) is 10.6. The number of hydrogen-bond acceptors (Lipinski definition) is 5. The monoisotopic (exact) mass is 471 g/mol. The van der Waals surface area contributed by atoms with Crippen molar-refractivity contribution in [3.05, 3.63) is 98.6 Å². The number of aliphatic hydroxyl groups is 1. The Hall–Kier alpha value is -3.49. The van der Waals surface area contributed by atoms with Crippen LogP contribution in [-0.4, -0.2) is 16.8 Å². The van der Waals surface area contributed by atoms with Crippen molar-refractivity contribution in [2.45, 2.75) is 6.04 Å². The molecule has 2 aromatic carbocycles. The first kappa shape index (κ1) is 20.4. The Morgan fingerprint density at radius 1 is 1.12 bits per heavy atom. The zero-order valence-corrected chi connectivity index (χ0v) is 17.6. The number of anilines is 1. The zero-order valence-electron chi connectivity index (χ0n) is 16.0. The Labute approximate surface area is 188 Å². The maximum Gasteiger partial charge on any atom is 0.294 e. The minimum absolute atomic E-state index is 0.125. The maximum atomic E-state index is 14.6. The lowest BCUT2D eigenvalue weighted by Crippen LogP contribution is -2.31. The van der Waals surface area contributed by atoms with Crippen LogP contribution in [0.1, 0.15) is 21.5 Å². The van der Waals surface area contributed by atoms with Crippen molar-refractivity contribution in [1.82, 2.24) is 0 Å². The highest BCUT2D eigenvalue weighted by Crippen LogP contribution is 2.44. The molecule has 32 heavy (non-hydrogen) atoms. The number of thiophene rings is 1. The lowest BCUT2D eigenvalue weighted by Gasteiger charge is -2.25. The SMILES string of the molecule is O=C(C1=C(O)C(=O)N(c2cc(F)ccc2F)C1c1cccs1)c1cc2cc(Cl)ccc2o1. The van der Waals surface area contributed by atoms with E-state index in [9.17, 15) is 23.5 Å². The Balaban J connectivity index is 1.66. The largest absolute Gasteiger partial charge is 0.503 e. The molecule has 160 valence electrons. The number of furan rings is 1. The third kappa shape index (κ3) is 3.19. The molecule has 4 aromatic rings. The molecule has 0 bridgehead atoms. The minimum atomic E-state index is -1.16. The summed E-state index contributed by atoms with van der Waals surface area (Å²) < 4.78 is 34.1. The summed E-state index contributed by atoms with van der Waals surface area (Å²) in [7, 11) is 0.